The van der Waals surface area contributed by atoms with Crippen LogP contribution in [-0.2, 0) is 11.8 Å². The minimum atomic E-state index is -0.138. The van der Waals surface area contributed by atoms with Crippen LogP contribution in [0.2, 0.25) is 0 Å². The molecule has 2 aliphatic carbocycles. The molecule has 2 aromatic rings. The Kier molecular flexibility index (Phi) is 4.37. The summed E-state index contributed by atoms with van der Waals surface area (Å²) in [5, 5.41) is 16.7. The van der Waals surface area contributed by atoms with Gasteiger partial charge in [-0.15, -0.1) is 0 Å². The zero-order valence-electron chi connectivity index (χ0n) is 15.7. The van der Waals surface area contributed by atoms with Gasteiger partial charge in [-0.1, -0.05) is 24.3 Å². The molecular weight excluding hydrogens is 336 g/mol. The van der Waals surface area contributed by atoms with E-state index in [-0.39, 0.29) is 11.5 Å². The summed E-state index contributed by atoms with van der Waals surface area (Å²) in [4.78, 5) is 9.60. The Hall–Kier alpha value is -1.98. The highest BCUT2D eigenvalue weighted by molar-refractivity contribution is 5.72. The molecule has 5 nitrogen and oxygen atoms in total. The van der Waals surface area contributed by atoms with Crippen molar-refractivity contribution in [2.45, 2.75) is 62.5 Å². The van der Waals surface area contributed by atoms with Gasteiger partial charge in [-0.3, -0.25) is 0 Å². The van der Waals surface area contributed by atoms with Crippen LogP contribution in [0.15, 0.2) is 30.5 Å². The molecule has 0 bridgehead atoms. The Morgan fingerprint density at radius 1 is 1.07 bits per heavy atom. The molecule has 3 N–H and O–H groups in total. The summed E-state index contributed by atoms with van der Waals surface area (Å²) in [6.45, 7) is 2.16. The maximum absolute atomic E-state index is 9.72. The van der Waals surface area contributed by atoms with E-state index in [1.54, 1.807) is 0 Å². The van der Waals surface area contributed by atoms with Gasteiger partial charge in [0.15, 0.2) is 0 Å². The number of benzene rings is 1. The normalized spacial score (nSPS) is 26.3. The maximum atomic E-state index is 9.72. The van der Waals surface area contributed by atoms with Crippen LogP contribution in [-0.4, -0.2) is 40.3 Å². The average molecular weight is 364 g/mol. The van der Waals surface area contributed by atoms with Crippen LogP contribution < -0.4 is 10.6 Å². The van der Waals surface area contributed by atoms with Crippen LogP contribution in [0.5, 0.6) is 0 Å². The summed E-state index contributed by atoms with van der Waals surface area (Å²) >= 11 is 0. The highest BCUT2D eigenvalue weighted by Gasteiger charge is 2.40. The first kappa shape index (κ1) is 17.1. The lowest BCUT2D eigenvalue weighted by atomic mass is 9.64. The maximum Gasteiger partial charge on any atom is 0.223 e. The molecule has 1 spiro atoms. The molecule has 3 aliphatic rings. The molecule has 0 atom stereocenters. The van der Waals surface area contributed by atoms with Crippen molar-refractivity contribution < 1.29 is 5.11 Å². The highest BCUT2D eigenvalue weighted by atomic mass is 16.3. The number of fused-ring (bicyclic) bond motifs is 4. The summed E-state index contributed by atoms with van der Waals surface area (Å²) in [7, 11) is 0. The molecule has 5 heteroatoms. The molecule has 1 aromatic carbocycles. The number of aromatic nitrogens is 2. The molecule has 1 aromatic heterocycles. The molecule has 1 aliphatic heterocycles. The van der Waals surface area contributed by atoms with Crippen molar-refractivity contribution in [3.05, 3.63) is 41.6 Å². The van der Waals surface area contributed by atoms with E-state index in [4.69, 9.17) is 4.98 Å². The third kappa shape index (κ3) is 3.13. The van der Waals surface area contributed by atoms with Gasteiger partial charge in [-0.2, -0.15) is 0 Å². The fourth-order valence-electron chi connectivity index (χ4n) is 5.20. The van der Waals surface area contributed by atoms with E-state index < -0.39 is 0 Å². The summed E-state index contributed by atoms with van der Waals surface area (Å²) in [5.74, 6) is 0.728. The molecular formula is C22H28N4O. The van der Waals surface area contributed by atoms with Crippen molar-refractivity contribution in [2.75, 3.05) is 18.4 Å². The molecule has 2 heterocycles. The van der Waals surface area contributed by atoms with Gasteiger partial charge in [0.05, 0.1) is 11.8 Å². The zero-order valence-corrected chi connectivity index (χ0v) is 15.7. The van der Waals surface area contributed by atoms with Crippen LogP contribution in [0.1, 0.15) is 49.7 Å². The number of rotatable bonds is 2. The van der Waals surface area contributed by atoms with E-state index in [0.29, 0.717) is 6.04 Å². The summed E-state index contributed by atoms with van der Waals surface area (Å²) in [6, 6.07) is 9.19. The first-order valence-corrected chi connectivity index (χ1v) is 10.3. The fraction of sp³-hybridized carbons (Fsp3) is 0.545. The predicted octanol–water partition coefficient (Wildman–Crippen LogP) is 3.04. The van der Waals surface area contributed by atoms with Gasteiger partial charge in [-0.05, 0) is 69.2 Å². The minimum absolute atomic E-state index is 0.138. The number of aliphatic hydroxyl groups is 1. The van der Waals surface area contributed by atoms with E-state index in [2.05, 4.69) is 39.9 Å². The Morgan fingerprint density at radius 2 is 1.85 bits per heavy atom. The van der Waals surface area contributed by atoms with Crippen LogP contribution >= 0.6 is 0 Å². The van der Waals surface area contributed by atoms with Crippen LogP contribution in [0, 0.1) is 0 Å². The Balaban J connectivity index is 1.47. The molecule has 0 amide bonds. The first-order valence-electron chi connectivity index (χ1n) is 10.3. The highest BCUT2D eigenvalue weighted by Crippen LogP contribution is 2.47. The van der Waals surface area contributed by atoms with Gasteiger partial charge in [0.25, 0.3) is 0 Å². The van der Waals surface area contributed by atoms with Gasteiger partial charge in [0.2, 0.25) is 5.95 Å². The Morgan fingerprint density at radius 3 is 2.67 bits per heavy atom. The minimum Gasteiger partial charge on any atom is -0.393 e. The topological polar surface area (TPSA) is 70.1 Å². The Labute approximate surface area is 160 Å². The lowest BCUT2D eigenvalue weighted by molar-refractivity contribution is 0.126. The largest absolute Gasteiger partial charge is 0.393 e. The van der Waals surface area contributed by atoms with E-state index in [9.17, 15) is 5.11 Å². The second kappa shape index (κ2) is 6.88. The van der Waals surface area contributed by atoms with Crippen LogP contribution in [0.3, 0.4) is 0 Å². The van der Waals surface area contributed by atoms with E-state index >= 15 is 0 Å². The number of nitrogens with zero attached hydrogens (tertiary/aromatic N) is 2. The number of hydrogen-bond donors (Lipinski definition) is 3. The summed E-state index contributed by atoms with van der Waals surface area (Å²) in [6.07, 6.45) is 8.98. The van der Waals surface area contributed by atoms with Crippen LogP contribution in [0.25, 0.3) is 11.3 Å². The number of anilines is 1. The molecule has 5 rings (SSSR count). The van der Waals surface area contributed by atoms with Crippen LogP contribution in [0.4, 0.5) is 5.95 Å². The third-order valence-electron chi connectivity index (χ3n) is 6.74. The molecule has 0 unspecified atom stereocenters. The number of hydrogen-bond acceptors (Lipinski definition) is 5. The first-order chi connectivity index (χ1) is 13.2. The van der Waals surface area contributed by atoms with Crippen molar-refractivity contribution in [2.24, 2.45) is 0 Å². The molecule has 142 valence electrons. The Bertz CT molecular complexity index is 823. The van der Waals surface area contributed by atoms with Gasteiger partial charge in [0, 0.05) is 23.2 Å². The fourth-order valence-corrected chi connectivity index (χ4v) is 5.20. The monoisotopic (exact) mass is 364 g/mol. The number of nitrogens with one attached hydrogen (secondary N) is 2. The zero-order chi connectivity index (χ0) is 18.3. The quantitative estimate of drug-likeness (QED) is 0.764. The standard InChI is InChI=1S/C22H28N4O/c27-17-7-5-16(6-8-17)25-21-24-14-15-13-22(9-11-23-12-10-22)19-4-2-1-3-18(19)20(15)26-21/h1-4,14,16-17,23,27H,5-13H2,(H,24,25,26). The third-order valence-corrected chi connectivity index (χ3v) is 6.74. The lowest BCUT2D eigenvalue weighted by Crippen LogP contribution is -2.43. The molecule has 0 radical (unpaired) electrons. The smallest absolute Gasteiger partial charge is 0.223 e. The van der Waals surface area contributed by atoms with Gasteiger partial charge < -0.3 is 15.7 Å². The van der Waals surface area contributed by atoms with Crippen molar-refractivity contribution in [3.63, 3.8) is 0 Å². The number of aliphatic hydroxyl groups excluding tert-OH is 1. The van der Waals surface area contributed by atoms with E-state index in [1.807, 2.05) is 6.20 Å². The molecule has 1 saturated carbocycles. The summed E-state index contributed by atoms with van der Waals surface area (Å²) in [5.41, 5.74) is 5.35. The van der Waals surface area contributed by atoms with Gasteiger partial charge in [0.1, 0.15) is 0 Å². The van der Waals surface area contributed by atoms with Gasteiger partial charge in [-0.25, -0.2) is 9.97 Å². The van der Waals surface area contributed by atoms with Gasteiger partial charge >= 0.3 is 0 Å². The molecule has 1 saturated heterocycles. The second-order valence-corrected chi connectivity index (χ2v) is 8.47. The van der Waals surface area contributed by atoms with E-state index in [1.165, 1.54) is 29.5 Å². The molecule has 27 heavy (non-hydrogen) atoms. The second-order valence-electron chi connectivity index (χ2n) is 8.47. The average Bonchev–Trinajstić information content (AvgIpc) is 2.71. The van der Waals surface area contributed by atoms with E-state index in [0.717, 1.165) is 56.8 Å². The molecule has 2 fully saturated rings. The predicted molar refractivity (Wildman–Crippen MR) is 107 cm³/mol. The van der Waals surface area contributed by atoms with Crippen molar-refractivity contribution >= 4 is 5.95 Å². The lowest BCUT2D eigenvalue weighted by Gasteiger charge is -2.42. The van der Waals surface area contributed by atoms with Crippen molar-refractivity contribution in [3.8, 4) is 11.3 Å². The SMILES string of the molecule is OC1CCC(Nc2ncc3c(n2)-c2ccccc2C2(CCNCC2)C3)CC1. The van der Waals surface area contributed by atoms with Crippen molar-refractivity contribution in [1.29, 1.82) is 0 Å². The number of piperidine rings is 1. The summed E-state index contributed by atoms with van der Waals surface area (Å²) < 4.78 is 0. The van der Waals surface area contributed by atoms with Crippen molar-refractivity contribution in [1.82, 2.24) is 15.3 Å².